The molecule has 0 aromatic heterocycles. The van der Waals surface area contributed by atoms with E-state index in [2.05, 4.69) is 26.6 Å². The quantitative estimate of drug-likeness (QED) is 0.870. The summed E-state index contributed by atoms with van der Waals surface area (Å²) in [5, 5.41) is 5.76. The molecule has 6 heteroatoms. The summed E-state index contributed by atoms with van der Waals surface area (Å²) in [5.74, 6) is 1.43. The van der Waals surface area contributed by atoms with Crippen molar-refractivity contribution < 1.29 is 9.18 Å². The van der Waals surface area contributed by atoms with Crippen LogP contribution in [0.5, 0.6) is 0 Å². The highest BCUT2D eigenvalue weighted by atomic mass is 79.9. The van der Waals surface area contributed by atoms with E-state index in [4.69, 9.17) is 0 Å². The number of hydrogen-bond donors (Lipinski definition) is 2. The predicted molar refractivity (Wildman–Crippen MR) is 76.4 cm³/mol. The second-order valence-electron chi connectivity index (χ2n) is 4.21. The van der Waals surface area contributed by atoms with Gasteiger partial charge in [0.05, 0.1) is 11.4 Å². The summed E-state index contributed by atoms with van der Waals surface area (Å²) in [5.41, 5.74) is 0.231. The van der Waals surface area contributed by atoms with E-state index in [1.165, 1.54) is 6.07 Å². The zero-order valence-corrected chi connectivity index (χ0v) is 12.1. The molecule has 1 heterocycles. The number of carbonyl (C=O) groups excluding carboxylic acids is 1. The van der Waals surface area contributed by atoms with Crippen molar-refractivity contribution in [3.8, 4) is 0 Å². The molecular formula is C12H14BrFN2OS. The lowest BCUT2D eigenvalue weighted by atomic mass is 10.1. The molecule has 2 N–H and O–H groups in total. The fourth-order valence-electron chi connectivity index (χ4n) is 1.56. The molecule has 0 spiro atoms. The second-order valence-corrected chi connectivity index (χ2v) is 6.16. The molecule has 1 aromatic carbocycles. The molecule has 1 amide bonds. The van der Waals surface area contributed by atoms with E-state index in [9.17, 15) is 9.18 Å². The first-order chi connectivity index (χ1) is 8.65. The van der Waals surface area contributed by atoms with Crippen molar-refractivity contribution in [3.63, 3.8) is 0 Å². The van der Waals surface area contributed by atoms with Crippen LogP contribution in [0.1, 0.15) is 0 Å². The number of hydrogen-bond acceptors (Lipinski definition) is 3. The van der Waals surface area contributed by atoms with Gasteiger partial charge in [-0.25, -0.2) is 4.39 Å². The van der Waals surface area contributed by atoms with E-state index < -0.39 is 5.82 Å². The maximum Gasteiger partial charge on any atom is 0.234 e. The lowest BCUT2D eigenvalue weighted by Crippen LogP contribution is -2.43. The maximum atomic E-state index is 13.5. The molecular weight excluding hydrogens is 319 g/mol. The number of thioether (sulfide) groups is 1. The minimum absolute atomic E-state index is 0.159. The van der Waals surface area contributed by atoms with E-state index in [-0.39, 0.29) is 11.6 Å². The monoisotopic (exact) mass is 332 g/mol. The lowest BCUT2D eigenvalue weighted by molar-refractivity contribution is -0.113. The molecule has 2 rings (SSSR count). The lowest BCUT2D eigenvalue weighted by Gasteiger charge is -2.26. The van der Waals surface area contributed by atoms with Crippen LogP contribution in [0.15, 0.2) is 22.7 Å². The minimum Gasteiger partial charge on any atom is -0.323 e. The van der Waals surface area contributed by atoms with E-state index in [0.29, 0.717) is 16.1 Å². The molecule has 1 aromatic rings. The number of halogens is 2. The molecule has 0 radical (unpaired) electrons. The van der Waals surface area contributed by atoms with E-state index in [0.717, 1.165) is 18.8 Å². The third-order valence-corrected chi connectivity index (χ3v) is 4.32. The van der Waals surface area contributed by atoms with Crippen molar-refractivity contribution in [3.05, 3.63) is 28.5 Å². The van der Waals surface area contributed by atoms with Gasteiger partial charge in [0.25, 0.3) is 0 Å². The second kappa shape index (κ2) is 6.54. The predicted octanol–water partition coefficient (Wildman–Crippen LogP) is 2.48. The zero-order valence-electron chi connectivity index (χ0n) is 9.71. The maximum absolute atomic E-state index is 13.5. The number of amides is 1. The Hall–Kier alpha value is -0.590. The van der Waals surface area contributed by atoms with Crippen LogP contribution in [0.25, 0.3) is 0 Å². The first-order valence-electron chi connectivity index (χ1n) is 5.68. The molecule has 3 nitrogen and oxygen atoms in total. The summed E-state index contributed by atoms with van der Waals surface area (Å²) in [6.45, 7) is 2.08. The summed E-state index contributed by atoms with van der Waals surface area (Å²) >= 11 is 4.76. The van der Waals surface area contributed by atoms with Crippen LogP contribution in [-0.4, -0.2) is 30.5 Å². The molecule has 1 fully saturated rings. The van der Waals surface area contributed by atoms with Crippen molar-refractivity contribution in [1.29, 1.82) is 0 Å². The SMILES string of the molecule is O=C(CSCC1CNC1)Nc1ccc(Br)cc1F. The number of rotatable bonds is 5. The number of benzene rings is 1. The molecule has 0 atom stereocenters. The van der Waals surface area contributed by atoms with Crippen LogP contribution in [0, 0.1) is 11.7 Å². The van der Waals surface area contributed by atoms with Gasteiger partial charge in [0.1, 0.15) is 5.82 Å². The van der Waals surface area contributed by atoms with Gasteiger partial charge in [0.15, 0.2) is 0 Å². The molecule has 98 valence electrons. The highest BCUT2D eigenvalue weighted by Gasteiger charge is 2.17. The normalized spacial score (nSPS) is 15.2. The van der Waals surface area contributed by atoms with Crippen LogP contribution in [0.3, 0.4) is 0 Å². The van der Waals surface area contributed by atoms with Crippen molar-refractivity contribution >= 4 is 39.3 Å². The first-order valence-corrected chi connectivity index (χ1v) is 7.63. The Bertz CT molecular complexity index is 440. The average molecular weight is 333 g/mol. The van der Waals surface area contributed by atoms with Gasteiger partial charge in [0, 0.05) is 4.47 Å². The third kappa shape index (κ3) is 3.96. The van der Waals surface area contributed by atoms with Crippen LogP contribution < -0.4 is 10.6 Å². The number of carbonyl (C=O) groups is 1. The third-order valence-electron chi connectivity index (χ3n) is 2.66. The Morgan fingerprint density at radius 1 is 1.56 bits per heavy atom. The standard InChI is InChI=1S/C12H14BrFN2OS/c13-9-1-2-11(10(14)3-9)16-12(17)7-18-6-8-4-15-5-8/h1-3,8,15H,4-7H2,(H,16,17). The Kier molecular flexibility index (Phi) is 5.03. The summed E-state index contributed by atoms with van der Waals surface area (Å²) in [6.07, 6.45) is 0. The Morgan fingerprint density at radius 2 is 2.33 bits per heavy atom. The van der Waals surface area contributed by atoms with Gasteiger partial charge in [-0.2, -0.15) is 11.8 Å². The average Bonchev–Trinajstić information content (AvgIpc) is 2.26. The largest absolute Gasteiger partial charge is 0.323 e. The summed E-state index contributed by atoms with van der Waals surface area (Å²) in [7, 11) is 0. The summed E-state index contributed by atoms with van der Waals surface area (Å²) in [6, 6.07) is 4.59. The van der Waals surface area contributed by atoms with Crippen LogP contribution in [0.4, 0.5) is 10.1 Å². The molecule has 0 unspecified atom stereocenters. The van der Waals surface area contributed by atoms with Gasteiger partial charge in [-0.15, -0.1) is 0 Å². The van der Waals surface area contributed by atoms with E-state index in [1.54, 1.807) is 23.9 Å². The molecule has 0 aliphatic carbocycles. The molecule has 1 aliphatic heterocycles. The van der Waals surface area contributed by atoms with E-state index >= 15 is 0 Å². The smallest absolute Gasteiger partial charge is 0.234 e. The van der Waals surface area contributed by atoms with Gasteiger partial charge in [0.2, 0.25) is 5.91 Å². The minimum atomic E-state index is -0.425. The molecule has 1 saturated heterocycles. The van der Waals surface area contributed by atoms with Crippen LogP contribution >= 0.6 is 27.7 Å². The number of nitrogens with one attached hydrogen (secondary N) is 2. The van der Waals surface area contributed by atoms with Gasteiger partial charge in [-0.1, -0.05) is 15.9 Å². The van der Waals surface area contributed by atoms with Gasteiger partial charge in [-0.3, -0.25) is 4.79 Å². The van der Waals surface area contributed by atoms with Crippen molar-refractivity contribution in [2.45, 2.75) is 0 Å². The fourth-order valence-corrected chi connectivity index (χ4v) is 2.84. The molecule has 18 heavy (non-hydrogen) atoms. The molecule has 0 saturated carbocycles. The Morgan fingerprint density at radius 3 is 2.94 bits per heavy atom. The van der Waals surface area contributed by atoms with E-state index in [1.807, 2.05) is 0 Å². The molecule has 1 aliphatic rings. The van der Waals surface area contributed by atoms with Gasteiger partial charge < -0.3 is 10.6 Å². The summed E-state index contributed by atoms with van der Waals surface area (Å²) in [4.78, 5) is 11.6. The van der Waals surface area contributed by atoms with Crippen molar-refractivity contribution in [2.75, 3.05) is 29.9 Å². The van der Waals surface area contributed by atoms with Crippen LogP contribution in [0.2, 0.25) is 0 Å². The summed E-state index contributed by atoms with van der Waals surface area (Å²) < 4.78 is 14.1. The van der Waals surface area contributed by atoms with Gasteiger partial charge >= 0.3 is 0 Å². The first kappa shape index (κ1) is 13.8. The van der Waals surface area contributed by atoms with Crippen LogP contribution in [-0.2, 0) is 4.79 Å². The van der Waals surface area contributed by atoms with Crippen molar-refractivity contribution in [1.82, 2.24) is 5.32 Å². The highest BCUT2D eigenvalue weighted by Crippen LogP contribution is 2.20. The molecule has 0 bridgehead atoms. The number of anilines is 1. The zero-order chi connectivity index (χ0) is 13.0. The topological polar surface area (TPSA) is 41.1 Å². The van der Waals surface area contributed by atoms with Gasteiger partial charge in [-0.05, 0) is 43.0 Å². The highest BCUT2D eigenvalue weighted by molar-refractivity contribution is 9.10. The Balaban J connectivity index is 1.75. The fraction of sp³-hybridized carbons (Fsp3) is 0.417. The van der Waals surface area contributed by atoms with Crippen molar-refractivity contribution in [2.24, 2.45) is 5.92 Å². The Labute approximate surface area is 118 Å².